The summed E-state index contributed by atoms with van der Waals surface area (Å²) < 4.78 is 5.89. The molecule has 0 fully saturated rings. The third-order valence-electron chi connectivity index (χ3n) is 2.59. The molecule has 1 heterocycles. The first-order chi connectivity index (χ1) is 8.52. The van der Waals surface area contributed by atoms with Gasteiger partial charge in [-0.3, -0.25) is 4.79 Å². The molecule has 94 valence electrons. The number of benzene rings is 1. The second kappa shape index (κ2) is 5.09. The molecule has 1 N–H and O–H groups in total. The van der Waals surface area contributed by atoms with Crippen molar-refractivity contribution in [3.05, 3.63) is 43.2 Å². The Labute approximate surface area is 117 Å². The number of esters is 1. The highest BCUT2D eigenvalue weighted by molar-refractivity contribution is 14.1. The predicted octanol–water partition coefficient (Wildman–Crippen LogP) is 2.62. The predicted molar refractivity (Wildman–Crippen MR) is 78.0 cm³/mol. The van der Waals surface area contributed by atoms with E-state index in [1.54, 1.807) is 6.92 Å². The number of pyridine rings is 1. The Balaban J connectivity index is 2.69. The fourth-order valence-electron chi connectivity index (χ4n) is 1.87. The number of hydrogen-bond donors (Lipinski definition) is 1. The molecule has 0 amide bonds. The van der Waals surface area contributed by atoms with Gasteiger partial charge in [-0.15, -0.1) is 0 Å². The van der Waals surface area contributed by atoms with E-state index in [2.05, 4.69) is 27.6 Å². The summed E-state index contributed by atoms with van der Waals surface area (Å²) in [5.41, 5.74) is 1.58. The topological polar surface area (TPSA) is 59.2 Å². The van der Waals surface area contributed by atoms with E-state index >= 15 is 0 Å². The van der Waals surface area contributed by atoms with Gasteiger partial charge in [0.1, 0.15) is 5.69 Å². The lowest BCUT2D eigenvalue weighted by Gasteiger charge is -2.06. The lowest BCUT2D eigenvalue weighted by atomic mass is 10.1. The number of halogens is 1. The maximum absolute atomic E-state index is 12.0. The van der Waals surface area contributed by atoms with Gasteiger partial charge in [0.2, 0.25) is 0 Å². The molecule has 2 aromatic rings. The first-order valence-corrected chi connectivity index (χ1v) is 6.61. The number of nitrogens with one attached hydrogen (secondary N) is 1. The molecule has 0 aliphatic rings. The normalized spacial score (nSPS) is 10.6. The van der Waals surface area contributed by atoms with Crippen molar-refractivity contribution in [2.45, 2.75) is 13.8 Å². The molecular weight excluding hydrogens is 345 g/mol. The van der Waals surface area contributed by atoms with Crippen LogP contribution in [0.25, 0.3) is 10.9 Å². The van der Waals surface area contributed by atoms with Gasteiger partial charge in [0.25, 0.3) is 0 Å². The first kappa shape index (κ1) is 13.1. The van der Waals surface area contributed by atoms with Gasteiger partial charge in [0, 0.05) is 15.0 Å². The van der Waals surface area contributed by atoms with Crippen LogP contribution in [-0.4, -0.2) is 17.6 Å². The van der Waals surface area contributed by atoms with Crippen molar-refractivity contribution in [2.75, 3.05) is 6.61 Å². The summed E-state index contributed by atoms with van der Waals surface area (Å²) in [4.78, 5) is 26.6. The van der Waals surface area contributed by atoms with Crippen LogP contribution in [0.5, 0.6) is 0 Å². The van der Waals surface area contributed by atoms with Crippen molar-refractivity contribution >= 4 is 39.5 Å². The van der Waals surface area contributed by atoms with Crippen LogP contribution in [0.2, 0.25) is 0 Å². The van der Waals surface area contributed by atoms with Crippen LogP contribution in [-0.2, 0) is 4.74 Å². The van der Waals surface area contributed by atoms with Crippen molar-refractivity contribution in [3.63, 3.8) is 0 Å². The number of rotatable bonds is 2. The minimum absolute atomic E-state index is 0.166. The molecule has 4 nitrogen and oxygen atoms in total. The minimum Gasteiger partial charge on any atom is -0.461 e. The third kappa shape index (κ3) is 2.40. The zero-order chi connectivity index (χ0) is 13.3. The van der Waals surface area contributed by atoms with Gasteiger partial charge < -0.3 is 9.72 Å². The molecule has 18 heavy (non-hydrogen) atoms. The standard InChI is InChI=1S/C13H12INO3/c1-3-18-13(17)10-6-11(16)12-7(2)4-8(14)5-9(12)15-10/h4-6H,3H2,1-2H3,(H,15,16). The van der Waals surface area contributed by atoms with E-state index in [4.69, 9.17) is 4.74 Å². The van der Waals surface area contributed by atoms with Crippen molar-refractivity contribution in [1.29, 1.82) is 0 Å². The van der Waals surface area contributed by atoms with Crippen molar-refractivity contribution < 1.29 is 9.53 Å². The Hall–Kier alpha value is -1.37. The van der Waals surface area contributed by atoms with Crippen LogP contribution >= 0.6 is 22.6 Å². The third-order valence-corrected chi connectivity index (χ3v) is 3.21. The Morgan fingerprint density at radius 3 is 2.78 bits per heavy atom. The fraction of sp³-hybridized carbons (Fsp3) is 0.231. The number of aryl methyl sites for hydroxylation is 1. The summed E-state index contributed by atoms with van der Waals surface area (Å²) in [5.74, 6) is -0.506. The van der Waals surface area contributed by atoms with Crippen molar-refractivity contribution in [2.24, 2.45) is 0 Å². The highest BCUT2D eigenvalue weighted by atomic mass is 127. The van der Waals surface area contributed by atoms with Crippen LogP contribution in [0.15, 0.2) is 23.0 Å². The van der Waals surface area contributed by atoms with Gasteiger partial charge in [0.15, 0.2) is 5.43 Å². The van der Waals surface area contributed by atoms with Gasteiger partial charge in [-0.2, -0.15) is 0 Å². The second-order valence-corrected chi connectivity index (χ2v) is 5.16. The fourth-order valence-corrected chi connectivity index (χ4v) is 2.65. The molecule has 0 radical (unpaired) electrons. The van der Waals surface area contributed by atoms with Crippen LogP contribution in [0.4, 0.5) is 0 Å². The number of H-pyrrole nitrogens is 1. The zero-order valence-corrected chi connectivity index (χ0v) is 12.2. The van der Waals surface area contributed by atoms with Crippen molar-refractivity contribution in [3.8, 4) is 0 Å². The molecule has 1 aromatic carbocycles. The maximum Gasteiger partial charge on any atom is 0.354 e. The molecule has 0 unspecified atom stereocenters. The second-order valence-electron chi connectivity index (χ2n) is 3.91. The minimum atomic E-state index is -0.506. The smallest absolute Gasteiger partial charge is 0.354 e. The van der Waals surface area contributed by atoms with Gasteiger partial charge in [-0.1, -0.05) is 0 Å². The molecule has 0 spiro atoms. The number of carbonyl (C=O) groups excluding carboxylic acids is 1. The average Bonchev–Trinajstić information content (AvgIpc) is 2.27. The summed E-state index contributed by atoms with van der Waals surface area (Å²) in [5, 5.41) is 0.614. The summed E-state index contributed by atoms with van der Waals surface area (Å²) in [6.45, 7) is 3.89. The number of aromatic nitrogens is 1. The number of carbonyl (C=O) groups is 1. The number of hydrogen-bond acceptors (Lipinski definition) is 3. The van der Waals surface area contributed by atoms with E-state index < -0.39 is 5.97 Å². The SMILES string of the molecule is CCOC(=O)c1cc(=O)c2c(C)cc(I)cc2[nH]1. The summed E-state index contributed by atoms with van der Waals surface area (Å²) in [6, 6.07) is 5.06. The molecule has 0 bridgehead atoms. The lowest BCUT2D eigenvalue weighted by molar-refractivity contribution is 0.0520. The first-order valence-electron chi connectivity index (χ1n) is 5.53. The molecule has 0 saturated heterocycles. The highest BCUT2D eigenvalue weighted by Crippen LogP contribution is 2.17. The van der Waals surface area contributed by atoms with Crippen LogP contribution in [0.1, 0.15) is 23.0 Å². The largest absolute Gasteiger partial charge is 0.461 e. The van der Waals surface area contributed by atoms with Crippen LogP contribution in [0.3, 0.4) is 0 Å². The number of fused-ring (bicyclic) bond motifs is 1. The molecule has 0 aliphatic heterocycles. The quantitative estimate of drug-likeness (QED) is 0.664. The molecule has 1 aromatic heterocycles. The Morgan fingerprint density at radius 1 is 1.39 bits per heavy atom. The summed E-state index contributed by atoms with van der Waals surface area (Å²) in [7, 11) is 0. The lowest BCUT2D eigenvalue weighted by Crippen LogP contribution is -2.13. The van der Waals surface area contributed by atoms with E-state index in [9.17, 15) is 9.59 Å². The number of ether oxygens (including phenoxy) is 1. The van der Waals surface area contributed by atoms with Gasteiger partial charge in [-0.25, -0.2) is 4.79 Å². The van der Waals surface area contributed by atoms with E-state index in [1.807, 2.05) is 19.1 Å². The molecule has 0 atom stereocenters. The Bertz CT molecular complexity index is 676. The maximum atomic E-state index is 12.0. The van der Waals surface area contributed by atoms with E-state index in [1.165, 1.54) is 6.07 Å². The van der Waals surface area contributed by atoms with Gasteiger partial charge >= 0.3 is 5.97 Å². The Morgan fingerprint density at radius 2 is 2.11 bits per heavy atom. The monoisotopic (exact) mass is 357 g/mol. The number of aromatic amines is 1. The van der Waals surface area contributed by atoms with E-state index in [0.29, 0.717) is 10.9 Å². The van der Waals surface area contributed by atoms with Gasteiger partial charge in [0.05, 0.1) is 12.1 Å². The average molecular weight is 357 g/mol. The summed E-state index contributed by atoms with van der Waals surface area (Å²) in [6.07, 6.45) is 0. The summed E-state index contributed by atoms with van der Waals surface area (Å²) >= 11 is 2.17. The zero-order valence-electron chi connectivity index (χ0n) is 10.0. The Kier molecular flexibility index (Phi) is 3.70. The van der Waals surface area contributed by atoms with E-state index in [-0.39, 0.29) is 17.7 Å². The van der Waals surface area contributed by atoms with Crippen LogP contribution < -0.4 is 5.43 Å². The molecule has 0 saturated carbocycles. The van der Waals surface area contributed by atoms with Crippen molar-refractivity contribution in [1.82, 2.24) is 4.98 Å². The highest BCUT2D eigenvalue weighted by Gasteiger charge is 2.12. The molecule has 5 heteroatoms. The van der Waals surface area contributed by atoms with Crippen LogP contribution in [0, 0.1) is 10.5 Å². The molecule has 2 rings (SSSR count). The molecular formula is C13H12INO3. The van der Waals surface area contributed by atoms with Gasteiger partial charge in [-0.05, 0) is 54.1 Å². The molecule has 0 aliphatic carbocycles. The van der Waals surface area contributed by atoms with E-state index in [0.717, 1.165) is 9.13 Å².